The number of hydrogen-bond acceptors (Lipinski definition) is 5. The van der Waals surface area contributed by atoms with Crippen molar-refractivity contribution in [3.8, 4) is 0 Å². The number of unbranched alkanes of at least 4 members (excludes halogenated alkanes) is 1. The Labute approximate surface area is 127 Å². The lowest BCUT2D eigenvalue weighted by Crippen LogP contribution is -2.13. The molecule has 0 aliphatic rings. The third-order valence-corrected chi connectivity index (χ3v) is 3.42. The number of aromatic nitrogens is 5. The van der Waals surface area contributed by atoms with E-state index in [4.69, 9.17) is 0 Å². The normalized spacial score (nSPS) is 11.0. The van der Waals surface area contributed by atoms with Gasteiger partial charge >= 0.3 is 5.69 Å². The van der Waals surface area contributed by atoms with Crippen LogP contribution in [0.3, 0.4) is 0 Å². The van der Waals surface area contributed by atoms with E-state index in [1.54, 1.807) is 18.6 Å². The number of anilines is 1. The van der Waals surface area contributed by atoms with Gasteiger partial charge in [-0.15, -0.1) is 5.10 Å². The highest BCUT2D eigenvalue weighted by Crippen LogP contribution is 2.14. The van der Waals surface area contributed by atoms with Crippen LogP contribution < -0.4 is 11.0 Å². The molecule has 0 aromatic carbocycles. The Morgan fingerprint density at radius 2 is 2.32 bits per heavy atom. The summed E-state index contributed by atoms with van der Waals surface area (Å²) in [7, 11) is 0. The molecule has 0 saturated carbocycles. The lowest BCUT2D eigenvalue weighted by Gasteiger charge is -2.08. The number of nitrogens with one attached hydrogen (secondary N) is 2. The highest BCUT2D eigenvalue weighted by Gasteiger charge is 2.10. The predicted octanol–water partition coefficient (Wildman–Crippen LogP) is 1.77. The highest BCUT2D eigenvalue weighted by atomic mass is 16.1. The lowest BCUT2D eigenvalue weighted by molar-refractivity contribution is 0.769. The molecule has 0 spiro atoms. The Balaban J connectivity index is 1.91. The SMILES string of the molecule is CCCCc1cn2c(=O)[nH]nc2c(NCc2cccnc2)n1. The van der Waals surface area contributed by atoms with Gasteiger partial charge in [0.1, 0.15) is 0 Å². The molecule has 0 amide bonds. The van der Waals surface area contributed by atoms with Crippen molar-refractivity contribution in [1.29, 1.82) is 0 Å². The molecule has 3 rings (SSSR count). The first kappa shape index (κ1) is 14.2. The zero-order chi connectivity index (χ0) is 15.4. The largest absolute Gasteiger partial charge is 0.363 e. The summed E-state index contributed by atoms with van der Waals surface area (Å²) in [6, 6.07) is 3.87. The van der Waals surface area contributed by atoms with Crippen LogP contribution in [0, 0.1) is 0 Å². The standard InChI is InChI=1S/C15H18N6O/c1-2-3-6-12-10-21-14(19-20-15(21)22)13(18-12)17-9-11-5-4-7-16-8-11/h4-5,7-8,10H,2-3,6,9H2,1H3,(H,17,18)(H,20,22). The molecular formula is C15H18N6O. The second-order valence-corrected chi connectivity index (χ2v) is 5.12. The van der Waals surface area contributed by atoms with Gasteiger partial charge in [-0.05, 0) is 24.5 Å². The fourth-order valence-corrected chi connectivity index (χ4v) is 2.25. The summed E-state index contributed by atoms with van der Waals surface area (Å²) in [6.07, 6.45) is 8.24. The topological polar surface area (TPSA) is 88.0 Å². The molecule has 0 unspecified atom stereocenters. The molecular weight excluding hydrogens is 280 g/mol. The summed E-state index contributed by atoms with van der Waals surface area (Å²) >= 11 is 0. The molecule has 3 aromatic rings. The fourth-order valence-electron chi connectivity index (χ4n) is 2.25. The molecule has 7 heteroatoms. The van der Waals surface area contributed by atoms with Crippen LogP contribution in [0.25, 0.3) is 5.65 Å². The van der Waals surface area contributed by atoms with E-state index < -0.39 is 0 Å². The van der Waals surface area contributed by atoms with Crippen LogP contribution in [0.5, 0.6) is 0 Å². The van der Waals surface area contributed by atoms with Gasteiger partial charge in [0.2, 0.25) is 5.65 Å². The summed E-state index contributed by atoms with van der Waals surface area (Å²) < 4.78 is 1.50. The monoisotopic (exact) mass is 298 g/mol. The molecule has 7 nitrogen and oxygen atoms in total. The summed E-state index contributed by atoms with van der Waals surface area (Å²) in [5, 5.41) is 9.74. The number of hydrogen-bond donors (Lipinski definition) is 2. The zero-order valence-electron chi connectivity index (χ0n) is 12.4. The average molecular weight is 298 g/mol. The van der Waals surface area contributed by atoms with E-state index in [2.05, 4.69) is 32.4 Å². The maximum Gasteiger partial charge on any atom is 0.347 e. The molecule has 0 aliphatic carbocycles. The minimum atomic E-state index is -0.250. The Bertz CT molecular complexity index is 808. The molecule has 0 fully saturated rings. The summed E-state index contributed by atoms with van der Waals surface area (Å²) in [6.45, 7) is 2.71. The van der Waals surface area contributed by atoms with Gasteiger partial charge in [0.05, 0.1) is 5.69 Å². The van der Waals surface area contributed by atoms with Crippen LogP contribution >= 0.6 is 0 Å². The van der Waals surface area contributed by atoms with E-state index >= 15 is 0 Å². The predicted molar refractivity (Wildman–Crippen MR) is 83.8 cm³/mol. The van der Waals surface area contributed by atoms with Crippen molar-refractivity contribution in [1.82, 2.24) is 24.6 Å². The third-order valence-electron chi connectivity index (χ3n) is 3.42. The van der Waals surface area contributed by atoms with E-state index in [1.165, 1.54) is 4.40 Å². The molecule has 3 heterocycles. The number of aromatic amines is 1. The quantitative estimate of drug-likeness (QED) is 0.724. The molecule has 0 radical (unpaired) electrons. The molecule has 0 saturated heterocycles. The number of rotatable bonds is 6. The van der Waals surface area contributed by atoms with Crippen LogP contribution in [0.4, 0.5) is 5.82 Å². The van der Waals surface area contributed by atoms with Crippen molar-refractivity contribution in [2.75, 3.05) is 5.32 Å². The molecule has 114 valence electrons. The first-order chi connectivity index (χ1) is 10.8. The van der Waals surface area contributed by atoms with Crippen LogP contribution in [0.1, 0.15) is 31.0 Å². The lowest BCUT2D eigenvalue weighted by atomic mass is 10.2. The second kappa shape index (κ2) is 6.38. The number of nitrogens with zero attached hydrogens (tertiary/aromatic N) is 4. The van der Waals surface area contributed by atoms with Crippen molar-refractivity contribution < 1.29 is 0 Å². The van der Waals surface area contributed by atoms with Gasteiger partial charge in [0, 0.05) is 25.1 Å². The maximum absolute atomic E-state index is 11.8. The number of fused-ring (bicyclic) bond motifs is 1. The van der Waals surface area contributed by atoms with Crippen molar-refractivity contribution in [3.63, 3.8) is 0 Å². The molecule has 22 heavy (non-hydrogen) atoms. The summed E-state index contributed by atoms with van der Waals surface area (Å²) in [4.78, 5) is 20.5. The zero-order valence-corrected chi connectivity index (χ0v) is 12.4. The van der Waals surface area contributed by atoms with E-state index in [0.717, 1.165) is 30.5 Å². The van der Waals surface area contributed by atoms with Crippen LogP contribution in [0.2, 0.25) is 0 Å². The third kappa shape index (κ3) is 2.98. The number of aryl methyl sites for hydroxylation is 1. The summed E-state index contributed by atoms with van der Waals surface area (Å²) in [5.74, 6) is 0.607. The molecule has 0 atom stereocenters. The highest BCUT2D eigenvalue weighted by molar-refractivity contribution is 5.62. The molecule has 2 N–H and O–H groups in total. The smallest absolute Gasteiger partial charge is 0.347 e. The van der Waals surface area contributed by atoms with E-state index in [1.807, 2.05) is 12.1 Å². The van der Waals surface area contributed by atoms with Crippen LogP contribution in [-0.4, -0.2) is 24.6 Å². The Hall–Kier alpha value is -2.70. The molecule has 0 bridgehead atoms. The molecule has 0 aliphatic heterocycles. The maximum atomic E-state index is 11.8. The van der Waals surface area contributed by atoms with Crippen molar-refractivity contribution >= 4 is 11.5 Å². The average Bonchev–Trinajstić information content (AvgIpc) is 2.93. The molecule has 3 aromatic heterocycles. The van der Waals surface area contributed by atoms with Crippen LogP contribution in [0.15, 0.2) is 35.5 Å². The number of H-pyrrole nitrogens is 1. The van der Waals surface area contributed by atoms with E-state index in [9.17, 15) is 4.79 Å². The minimum absolute atomic E-state index is 0.250. The Kier molecular flexibility index (Phi) is 4.13. The van der Waals surface area contributed by atoms with Gasteiger partial charge in [0.25, 0.3) is 0 Å². The summed E-state index contributed by atoms with van der Waals surface area (Å²) in [5.41, 5.74) is 2.18. The van der Waals surface area contributed by atoms with Crippen molar-refractivity contribution in [2.24, 2.45) is 0 Å². The van der Waals surface area contributed by atoms with Gasteiger partial charge in [-0.3, -0.25) is 4.98 Å². The van der Waals surface area contributed by atoms with Crippen LogP contribution in [-0.2, 0) is 13.0 Å². The Morgan fingerprint density at radius 1 is 1.41 bits per heavy atom. The van der Waals surface area contributed by atoms with Crippen molar-refractivity contribution in [2.45, 2.75) is 32.7 Å². The van der Waals surface area contributed by atoms with Gasteiger partial charge in [-0.1, -0.05) is 19.4 Å². The van der Waals surface area contributed by atoms with Gasteiger partial charge < -0.3 is 5.32 Å². The van der Waals surface area contributed by atoms with Gasteiger partial charge in [-0.25, -0.2) is 19.3 Å². The van der Waals surface area contributed by atoms with Gasteiger partial charge in [0.15, 0.2) is 5.82 Å². The van der Waals surface area contributed by atoms with E-state index in [0.29, 0.717) is 18.0 Å². The first-order valence-electron chi connectivity index (χ1n) is 7.37. The fraction of sp³-hybridized carbons (Fsp3) is 0.333. The van der Waals surface area contributed by atoms with Gasteiger partial charge in [-0.2, -0.15) is 0 Å². The second-order valence-electron chi connectivity index (χ2n) is 5.12. The van der Waals surface area contributed by atoms with Crippen molar-refractivity contribution in [3.05, 3.63) is 52.5 Å². The van der Waals surface area contributed by atoms with E-state index in [-0.39, 0.29) is 5.69 Å². The Morgan fingerprint density at radius 3 is 3.09 bits per heavy atom. The minimum Gasteiger partial charge on any atom is -0.363 e. The number of pyridine rings is 1. The first-order valence-corrected chi connectivity index (χ1v) is 7.37.